The molecule has 0 aliphatic heterocycles. The number of benzene rings is 2. The first-order valence-corrected chi connectivity index (χ1v) is 9.60. The number of aromatic nitrogens is 4. The maximum Gasteiger partial charge on any atom is 0.125 e. The molecule has 0 atom stereocenters. The molecule has 2 aromatic carbocycles. The van der Waals surface area contributed by atoms with Crippen LogP contribution in [-0.2, 0) is 13.1 Å². The summed E-state index contributed by atoms with van der Waals surface area (Å²) in [5.74, 6) is 1.25. The predicted molar refractivity (Wildman–Crippen MR) is 114 cm³/mol. The van der Waals surface area contributed by atoms with Gasteiger partial charge in [0.2, 0.25) is 0 Å². The van der Waals surface area contributed by atoms with Crippen LogP contribution in [0.3, 0.4) is 0 Å². The molecule has 4 rings (SSSR count). The van der Waals surface area contributed by atoms with Crippen molar-refractivity contribution < 1.29 is 8.78 Å². The molecule has 156 valence electrons. The third-order valence-electron chi connectivity index (χ3n) is 4.29. The van der Waals surface area contributed by atoms with Crippen molar-refractivity contribution in [1.29, 1.82) is 0 Å². The summed E-state index contributed by atoms with van der Waals surface area (Å²) in [6.07, 6.45) is 6.94. The van der Waals surface area contributed by atoms with E-state index in [-0.39, 0.29) is 11.6 Å². The molecule has 6 nitrogen and oxygen atoms in total. The van der Waals surface area contributed by atoms with Crippen LogP contribution in [0.2, 0.25) is 0 Å². The predicted octanol–water partition coefficient (Wildman–Crippen LogP) is 4.74. The molecule has 3 N–H and O–H groups in total. The van der Waals surface area contributed by atoms with Gasteiger partial charge in [-0.05, 0) is 43.3 Å². The molecule has 0 bridgehead atoms. The summed E-state index contributed by atoms with van der Waals surface area (Å²) >= 11 is 0. The van der Waals surface area contributed by atoms with Gasteiger partial charge in [-0.3, -0.25) is 0 Å². The maximum atomic E-state index is 13.1. The molecule has 30 heavy (non-hydrogen) atoms. The monoisotopic (exact) mass is 410 g/mol. The highest BCUT2D eigenvalue weighted by Crippen LogP contribution is 2.16. The summed E-state index contributed by atoms with van der Waals surface area (Å²) in [4.78, 5) is 16.3. The first-order chi connectivity index (χ1) is 14.6. The third kappa shape index (κ3) is 6.44. The molecule has 0 aliphatic rings. The number of anilines is 2. The lowest BCUT2D eigenvalue weighted by Crippen LogP contribution is -2.22. The van der Waals surface area contributed by atoms with Crippen molar-refractivity contribution in [1.82, 2.24) is 19.9 Å². The molecule has 4 aromatic rings. The number of H-pyrrole nitrogens is 2. The van der Waals surface area contributed by atoms with Gasteiger partial charge in [0.05, 0.1) is 13.1 Å². The largest absolute Gasteiger partial charge is 0.378 e. The van der Waals surface area contributed by atoms with Crippen LogP contribution < -0.4 is 10.2 Å². The van der Waals surface area contributed by atoms with Gasteiger partial charge < -0.3 is 20.2 Å². The van der Waals surface area contributed by atoms with Crippen LogP contribution in [0.5, 0.6) is 0 Å². The van der Waals surface area contributed by atoms with Crippen molar-refractivity contribution in [2.45, 2.75) is 20.0 Å². The molecule has 0 unspecified atom stereocenters. The molecule has 0 amide bonds. The van der Waals surface area contributed by atoms with E-state index in [9.17, 15) is 8.78 Å². The van der Waals surface area contributed by atoms with Crippen molar-refractivity contribution in [3.63, 3.8) is 0 Å². The smallest absolute Gasteiger partial charge is 0.125 e. The number of aromatic amines is 2. The lowest BCUT2D eigenvalue weighted by Gasteiger charge is -2.21. The van der Waals surface area contributed by atoms with Gasteiger partial charge in [-0.15, -0.1) is 0 Å². The van der Waals surface area contributed by atoms with Crippen LogP contribution in [-0.4, -0.2) is 26.5 Å². The van der Waals surface area contributed by atoms with Gasteiger partial charge in [-0.1, -0.05) is 12.1 Å². The topological polar surface area (TPSA) is 72.6 Å². The van der Waals surface area contributed by atoms with Crippen LogP contribution >= 0.6 is 0 Å². The Morgan fingerprint density at radius 3 is 2.17 bits per heavy atom. The second-order valence-electron chi connectivity index (χ2n) is 6.43. The van der Waals surface area contributed by atoms with Gasteiger partial charge in [-0.2, -0.15) is 0 Å². The van der Waals surface area contributed by atoms with E-state index in [1.54, 1.807) is 36.9 Å². The number of halogens is 2. The summed E-state index contributed by atoms with van der Waals surface area (Å²) in [7, 11) is 0. The molecular weight excluding hydrogens is 386 g/mol. The van der Waals surface area contributed by atoms with Crippen LogP contribution in [0.4, 0.5) is 20.2 Å². The Morgan fingerprint density at radius 1 is 0.900 bits per heavy atom. The zero-order chi connectivity index (χ0) is 21.2. The molecular formula is C22H24F2N6. The average molecular weight is 410 g/mol. The van der Waals surface area contributed by atoms with Crippen LogP contribution in [0.15, 0.2) is 73.3 Å². The van der Waals surface area contributed by atoms with Crippen molar-refractivity contribution in [3.05, 3.63) is 96.6 Å². The average Bonchev–Trinajstić information content (AvgIpc) is 3.45. The molecule has 0 saturated carbocycles. The Labute approximate surface area is 174 Å². The lowest BCUT2D eigenvalue weighted by atomic mass is 10.2. The lowest BCUT2D eigenvalue weighted by molar-refractivity contribution is 0.626. The number of hydrogen-bond donors (Lipinski definition) is 3. The molecule has 0 aliphatic carbocycles. The first-order valence-electron chi connectivity index (χ1n) is 9.60. The Balaban J connectivity index is 0.000000172. The van der Waals surface area contributed by atoms with Crippen LogP contribution in [0, 0.1) is 11.6 Å². The van der Waals surface area contributed by atoms with Crippen molar-refractivity contribution >= 4 is 11.4 Å². The summed E-state index contributed by atoms with van der Waals surface area (Å²) in [6, 6.07) is 12.9. The van der Waals surface area contributed by atoms with Crippen molar-refractivity contribution in [3.8, 4) is 0 Å². The van der Waals surface area contributed by atoms with Gasteiger partial charge in [0, 0.05) is 42.7 Å². The zero-order valence-electron chi connectivity index (χ0n) is 16.6. The normalized spacial score (nSPS) is 10.2. The standard InChI is InChI=1S/C12H14FN3.C10H10FN3/c1-2-16(9-12-14-6-7-15-12)11-5-3-4-10(13)8-11;11-8-2-1-3-9(6-8)14-7-10-12-4-5-13-10/h3-8H,2,9H2,1H3,(H,14,15);1-6,14H,7H2,(H,12,13). The molecule has 8 heteroatoms. The van der Waals surface area contributed by atoms with Crippen LogP contribution in [0.25, 0.3) is 0 Å². The van der Waals surface area contributed by atoms with E-state index < -0.39 is 0 Å². The van der Waals surface area contributed by atoms with E-state index in [2.05, 4.69) is 30.2 Å². The Morgan fingerprint density at radius 2 is 1.57 bits per heavy atom. The van der Waals surface area contributed by atoms with Gasteiger partial charge in [0.15, 0.2) is 0 Å². The fourth-order valence-electron chi connectivity index (χ4n) is 2.80. The number of rotatable bonds is 7. The Hall–Kier alpha value is -3.68. The zero-order valence-corrected chi connectivity index (χ0v) is 16.6. The van der Waals surface area contributed by atoms with Crippen molar-refractivity contribution in [2.24, 2.45) is 0 Å². The summed E-state index contributed by atoms with van der Waals surface area (Å²) < 4.78 is 25.9. The van der Waals surface area contributed by atoms with Gasteiger partial charge in [0.25, 0.3) is 0 Å². The SMILES string of the molecule is CCN(Cc1ncc[nH]1)c1cccc(F)c1.Fc1cccc(NCc2ncc[nH]2)c1. The van der Waals surface area contributed by atoms with E-state index in [0.29, 0.717) is 13.1 Å². The second kappa shape index (κ2) is 10.8. The first kappa shape index (κ1) is 21.0. The Bertz CT molecular complexity index is 1000. The van der Waals surface area contributed by atoms with Crippen molar-refractivity contribution in [2.75, 3.05) is 16.8 Å². The minimum atomic E-state index is -0.241. The van der Waals surface area contributed by atoms with Gasteiger partial charge >= 0.3 is 0 Å². The third-order valence-corrected chi connectivity index (χ3v) is 4.29. The van der Waals surface area contributed by atoms with Gasteiger partial charge in [0.1, 0.15) is 23.3 Å². The minimum Gasteiger partial charge on any atom is -0.378 e. The number of nitrogens with zero attached hydrogens (tertiary/aromatic N) is 3. The van der Waals surface area contributed by atoms with E-state index in [1.165, 1.54) is 24.3 Å². The van der Waals surface area contributed by atoms with E-state index in [0.717, 1.165) is 29.6 Å². The fraction of sp³-hybridized carbons (Fsp3) is 0.182. The quantitative estimate of drug-likeness (QED) is 0.412. The van der Waals surface area contributed by atoms with Gasteiger partial charge in [-0.25, -0.2) is 18.7 Å². The molecule has 0 spiro atoms. The summed E-state index contributed by atoms with van der Waals surface area (Å²) in [5, 5.41) is 3.05. The summed E-state index contributed by atoms with van der Waals surface area (Å²) in [6.45, 7) is 4.07. The molecule has 2 aromatic heterocycles. The van der Waals surface area contributed by atoms with E-state index in [1.807, 2.05) is 19.1 Å². The van der Waals surface area contributed by atoms with E-state index >= 15 is 0 Å². The fourth-order valence-corrected chi connectivity index (χ4v) is 2.80. The number of imidazole rings is 2. The Kier molecular flexibility index (Phi) is 7.54. The highest BCUT2D eigenvalue weighted by atomic mass is 19.1. The second-order valence-corrected chi connectivity index (χ2v) is 6.43. The molecule has 0 saturated heterocycles. The van der Waals surface area contributed by atoms with E-state index in [4.69, 9.17) is 0 Å². The van der Waals surface area contributed by atoms with Crippen LogP contribution in [0.1, 0.15) is 18.6 Å². The molecule has 2 heterocycles. The highest BCUT2D eigenvalue weighted by molar-refractivity contribution is 5.46. The maximum absolute atomic E-state index is 13.1. The molecule has 0 radical (unpaired) electrons. The highest BCUT2D eigenvalue weighted by Gasteiger charge is 2.07. The minimum absolute atomic E-state index is 0.213. The molecule has 0 fully saturated rings. The summed E-state index contributed by atoms with van der Waals surface area (Å²) in [5.41, 5.74) is 1.63. The number of hydrogen-bond acceptors (Lipinski definition) is 4. The number of nitrogens with one attached hydrogen (secondary N) is 3.